The fourth-order valence-corrected chi connectivity index (χ4v) is 3.87. The first kappa shape index (κ1) is 23.1. The number of H-pyrrole nitrogens is 1. The summed E-state index contributed by atoms with van der Waals surface area (Å²) < 4.78 is 45.6. The first-order valence-electron chi connectivity index (χ1n) is 11.0. The van der Waals surface area contributed by atoms with E-state index in [0.29, 0.717) is 17.8 Å². The van der Waals surface area contributed by atoms with E-state index < -0.39 is 17.6 Å². The number of aromatic amines is 1. The molecule has 0 radical (unpaired) electrons. The third kappa shape index (κ3) is 4.91. The third-order valence-corrected chi connectivity index (χ3v) is 6.01. The van der Waals surface area contributed by atoms with Crippen molar-refractivity contribution in [3.8, 4) is 0 Å². The van der Waals surface area contributed by atoms with Gasteiger partial charge in [-0.05, 0) is 29.8 Å². The number of halogens is 3. The maximum absolute atomic E-state index is 12.9. The normalized spacial score (nSPS) is 18.1. The predicted octanol–water partition coefficient (Wildman–Crippen LogP) is 4.29. The highest BCUT2D eigenvalue weighted by Crippen LogP contribution is 2.36. The number of hydrogen-bond donors (Lipinski definition) is 3. The molecule has 4 heterocycles. The monoisotopic (exact) mass is 484 g/mol. The minimum atomic E-state index is -4.46. The van der Waals surface area contributed by atoms with E-state index in [1.54, 1.807) is 24.7 Å². The lowest BCUT2D eigenvalue weighted by Gasteiger charge is -2.25. The minimum absolute atomic E-state index is 0.0287. The number of anilines is 1. The van der Waals surface area contributed by atoms with E-state index in [4.69, 9.17) is 4.74 Å². The number of rotatable bonds is 7. The van der Waals surface area contributed by atoms with E-state index in [1.165, 1.54) is 16.7 Å². The number of ether oxygens (including phenoxy) is 1. The van der Waals surface area contributed by atoms with Gasteiger partial charge in [-0.3, -0.25) is 10.1 Å². The van der Waals surface area contributed by atoms with Gasteiger partial charge in [-0.25, -0.2) is 9.97 Å². The van der Waals surface area contributed by atoms with Crippen LogP contribution in [0, 0.1) is 0 Å². The summed E-state index contributed by atoms with van der Waals surface area (Å²) in [5.74, 6) is -0.236. The smallest absolute Gasteiger partial charge is 0.346 e. The number of epoxide rings is 1. The van der Waals surface area contributed by atoms with Gasteiger partial charge in [-0.15, -0.1) is 0 Å². The molecule has 11 heteroatoms. The largest absolute Gasteiger partial charge is 0.417 e. The Bertz CT molecular complexity index is 1350. The molecule has 2 unspecified atom stereocenters. The minimum Gasteiger partial charge on any atom is -0.346 e. The van der Waals surface area contributed by atoms with Crippen molar-refractivity contribution in [1.29, 1.82) is 0 Å². The Kier molecular flexibility index (Phi) is 5.60. The molecule has 1 aromatic carbocycles. The zero-order chi connectivity index (χ0) is 24.8. The van der Waals surface area contributed by atoms with Gasteiger partial charge in [0.25, 0.3) is 5.91 Å². The number of benzene rings is 1. The number of nitrogens with one attached hydrogen (secondary N) is 3. The lowest BCUT2D eigenvalue weighted by molar-refractivity contribution is -0.137. The Morgan fingerprint density at radius 2 is 1.86 bits per heavy atom. The molecule has 1 saturated heterocycles. The second-order valence-corrected chi connectivity index (χ2v) is 9.09. The fourth-order valence-electron chi connectivity index (χ4n) is 3.87. The number of carbonyl (C=O) groups is 1. The number of hydrogen-bond acceptors (Lipinski definition) is 5. The number of carbonyl (C=O) groups excluding carboxylic acids is 1. The lowest BCUT2D eigenvalue weighted by atomic mass is 9.84. The molecule has 5 rings (SSSR count). The Labute approximate surface area is 198 Å². The number of nitrogens with zero attached hydrogens (tertiary/aromatic N) is 3. The second kappa shape index (κ2) is 8.51. The molecule has 3 aromatic heterocycles. The fraction of sp³-hybridized carbons (Fsp3) is 0.292. The maximum Gasteiger partial charge on any atom is 0.417 e. The van der Waals surface area contributed by atoms with Gasteiger partial charge in [-0.2, -0.15) is 13.2 Å². The van der Waals surface area contributed by atoms with Gasteiger partial charge < -0.3 is 19.4 Å². The Balaban J connectivity index is 1.20. The Morgan fingerprint density at radius 1 is 1.11 bits per heavy atom. The van der Waals surface area contributed by atoms with Gasteiger partial charge in [0, 0.05) is 23.7 Å². The van der Waals surface area contributed by atoms with E-state index in [0.717, 1.165) is 23.5 Å². The van der Waals surface area contributed by atoms with Crippen molar-refractivity contribution in [1.82, 2.24) is 24.7 Å². The average molecular weight is 484 g/mol. The van der Waals surface area contributed by atoms with Gasteiger partial charge in [0.15, 0.2) is 5.82 Å². The van der Waals surface area contributed by atoms with E-state index >= 15 is 0 Å². The van der Waals surface area contributed by atoms with Crippen molar-refractivity contribution >= 4 is 17.4 Å². The van der Waals surface area contributed by atoms with E-state index in [-0.39, 0.29) is 23.6 Å². The van der Waals surface area contributed by atoms with Crippen molar-refractivity contribution in [3.63, 3.8) is 0 Å². The molecule has 2 atom stereocenters. The molecule has 35 heavy (non-hydrogen) atoms. The highest BCUT2D eigenvalue weighted by Gasteiger charge is 2.42. The van der Waals surface area contributed by atoms with Crippen LogP contribution in [-0.4, -0.2) is 38.0 Å². The van der Waals surface area contributed by atoms with E-state index in [2.05, 4.69) is 39.4 Å². The first-order chi connectivity index (χ1) is 16.6. The summed E-state index contributed by atoms with van der Waals surface area (Å²) in [6.45, 7) is 4.85. The van der Waals surface area contributed by atoms with E-state index in [9.17, 15) is 18.0 Å². The van der Waals surface area contributed by atoms with Gasteiger partial charge >= 0.3 is 6.18 Å². The third-order valence-electron chi connectivity index (χ3n) is 6.01. The molecule has 0 bridgehead atoms. The zero-order valence-corrected chi connectivity index (χ0v) is 18.9. The molecule has 0 aliphatic carbocycles. The van der Waals surface area contributed by atoms with Crippen LogP contribution >= 0.6 is 0 Å². The highest BCUT2D eigenvalue weighted by molar-refractivity contribution is 6.03. The summed E-state index contributed by atoms with van der Waals surface area (Å²) in [7, 11) is 0. The van der Waals surface area contributed by atoms with Gasteiger partial charge in [0.1, 0.15) is 18.0 Å². The molecule has 1 fully saturated rings. The SMILES string of the molecule is CC(C)(CNC1OC1c1cnc[nH]1)c1ccc(C(=O)Nc2cn3cc(C(F)(F)F)ccc3n2)cc1. The van der Waals surface area contributed by atoms with Crippen LogP contribution in [-0.2, 0) is 16.3 Å². The summed E-state index contributed by atoms with van der Waals surface area (Å²) in [6, 6.07) is 9.41. The standard InChI is InChI=1S/C24H23F3N6O2/c1-23(2,12-29-22-20(35-22)17-9-28-13-30-17)15-5-3-14(4-6-15)21(34)32-18-11-33-10-16(24(25,26)27)7-8-19(33)31-18/h3-11,13,20,22,29H,12H2,1-2H3,(H,28,30)(H,32,34). The Hall–Kier alpha value is -3.70. The predicted molar refractivity (Wildman–Crippen MR) is 122 cm³/mol. The number of amides is 1. The molecule has 1 aliphatic rings. The summed E-state index contributed by atoms with van der Waals surface area (Å²) in [6.07, 6.45) is 1.09. The zero-order valence-electron chi connectivity index (χ0n) is 18.9. The number of aromatic nitrogens is 4. The molecular formula is C24H23F3N6O2. The van der Waals surface area contributed by atoms with Crippen molar-refractivity contribution in [3.05, 3.63) is 83.7 Å². The Morgan fingerprint density at radius 3 is 2.54 bits per heavy atom. The van der Waals surface area contributed by atoms with Crippen molar-refractivity contribution < 1.29 is 22.7 Å². The molecule has 1 amide bonds. The van der Waals surface area contributed by atoms with E-state index in [1.807, 2.05) is 12.1 Å². The topological polar surface area (TPSA) is 99.6 Å². The van der Waals surface area contributed by atoms with Crippen LogP contribution in [0.25, 0.3) is 5.65 Å². The number of alkyl halides is 3. The van der Waals surface area contributed by atoms with Crippen LogP contribution in [0.2, 0.25) is 0 Å². The lowest BCUT2D eigenvalue weighted by Crippen LogP contribution is -2.34. The van der Waals surface area contributed by atoms with Crippen LogP contribution in [0.15, 0.2) is 61.3 Å². The number of pyridine rings is 1. The second-order valence-electron chi connectivity index (χ2n) is 9.09. The first-order valence-corrected chi connectivity index (χ1v) is 11.0. The molecule has 8 nitrogen and oxygen atoms in total. The molecule has 0 saturated carbocycles. The van der Waals surface area contributed by atoms with Crippen LogP contribution in [0.5, 0.6) is 0 Å². The van der Waals surface area contributed by atoms with Gasteiger partial charge in [0.2, 0.25) is 0 Å². The molecule has 3 N–H and O–H groups in total. The van der Waals surface area contributed by atoms with Crippen molar-refractivity contribution in [2.24, 2.45) is 0 Å². The molecule has 4 aromatic rings. The van der Waals surface area contributed by atoms with Crippen LogP contribution in [0.4, 0.5) is 19.0 Å². The highest BCUT2D eigenvalue weighted by atomic mass is 19.4. The van der Waals surface area contributed by atoms with Crippen LogP contribution in [0.3, 0.4) is 0 Å². The van der Waals surface area contributed by atoms with Crippen LogP contribution in [0.1, 0.15) is 47.1 Å². The number of fused-ring (bicyclic) bond motifs is 1. The molecule has 182 valence electrons. The molecule has 1 aliphatic heterocycles. The summed E-state index contributed by atoms with van der Waals surface area (Å²) in [5, 5.41) is 6.04. The summed E-state index contributed by atoms with van der Waals surface area (Å²) >= 11 is 0. The van der Waals surface area contributed by atoms with Crippen molar-refractivity contribution in [2.45, 2.75) is 37.8 Å². The van der Waals surface area contributed by atoms with Gasteiger partial charge in [-0.1, -0.05) is 26.0 Å². The maximum atomic E-state index is 12.9. The van der Waals surface area contributed by atoms with Crippen LogP contribution < -0.4 is 10.6 Å². The van der Waals surface area contributed by atoms with Crippen molar-refractivity contribution in [2.75, 3.05) is 11.9 Å². The van der Waals surface area contributed by atoms with Gasteiger partial charge in [0.05, 0.1) is 30.0 Å². The molecule has 0 spiro atoms. The summed E-state index contributed by atoms with van der Waals surface area (Å²) in [5.41, 5.74) is 1.66. The molecular weight excluding hydrogens is 461 g/mol. The average Bonchev–Trinajstić information content (AvgIpc) is 3.18. The summed E-state index contributed by atoms with van der Waals surface area (Å²) in [4.78, 5) is 23.9. The quantitative estimate of drug-likeness (QED) is 0.340. The number of imidazole rings is 2.